The molecule has 6 heteroatoms. The second kappa shape index (κ2) is 3.74. The summed E-state index contributed by atoms with van der Waals surface area (Å²) < 4.78 is 13.2. The van der Waals surface area contributed by atoms with E-state index in [-0.39, 0.29) is 15.6 Å². The number of aromatic nitrogens is 2. The SMILES string of the molecule is O=C(O)c1cnc(-c2ncccc2F)s1. The Morgan fingerprint density at radius 2 is 2.27 bits per heavy atom. The van der Waals surface area contributed by atoms with Gasteiger partial charge in [0, 0.05) is 6.20 Å². The average molecular weight is 224 g/mol. The molecule has 0 saturated carbocycles. The number of nitrogens with zero attached hydrogens (tertiary/aromatic N) is 2. The van der Waals surface area contributed by atoms with Gasteiger partial charge in [0.25, 0.3) is 0 Å². The zero-order chi connectivity index (χ0) is 10.8. The Morgan fingerprint density at radius 1 is 1.47 bits per heavy atom. The molecule has 0 aliphatic rings. The van der Waals surface area contributed by atoms with E-state index in [9.17, 15) is 9.18 Å². The number of hydrogen-bond donors (Lipinski definition) is 1. The minimum atomic E-state index is -1.07. The van der Waals surface area contributed by atoms with Crippen LogP contribution in [0.25, 0.3) is 10.7 Å². The fourth-order valence-corrected chi connectivity index (χ4v) is 1.78. The molecule has 15 heavy (non-hydrogen) atoms. The largest absolute Gasteiger partial charge is 0.477 e. The molecule has 4 nitrogen and oxygen atoms in total. The number of carbonyl (C=O) groups is 1. The third-order valence-electron chi connectivity index (χ3n) is 1.68. The first-order valence-electron chi connectivity index (χ1n) is 3.98. The van der Waals surface area contributed by atoms with E-state index in [0.29, 0.717) is 0 Å². The maximum Gasteiger partial charge on any atom is 0.347 e. The number of carboxylic acids is 1. The Bertz CT molecular complexity index is 512. The van der Waals surface area contributed by atoms with Crippen molar-refractivity contribution in [1.29, 1.82) is 0 Å². The fourth-order valence-electron chi connectivity index (χ4n) is 1.03. The van der Waals surface area contributed by atoms with Crippen molar-refractivity contribution in [3.05, 3.63) is 35.2 Å². The average Bonchev–Trinajstić information content (AvgIpc) is 2.67. The molecular weight excluding hydrogens is 219 g/mol. The highest BCUT2D eigenvalue weighted by Crippen LogP contribution is 2.25. The first-order chi connectivity index (χ1) is 7.18. The zero-order valence-corrected chi connectivity index (χ0v) is 8.16. The number of rotatable bonds is 2. The normalized spacial score (nSPS) is 10.2. The van der Waals surface area contributed by atoms with Gasteiger partial charge in [-0.05, 0) is 12.1 Å². The summed E-state index contributed by atoms with van der Waals surface area (Å²) in [5, 5.41) is 8.94. The van der Waals surface area contributed by atoms with Crippen LogP contribution in [0.15, 0.2) is 24.5 Å². The summed E-state index contributed by atoms with van der Waals surface area (Å²) in [6.45, 7) is 0. The minimum absolute atomic E-state index is 0.0649. The molecule has 0 unspecified atom stereocenters. The molecule has 2 aromatic heterocycles. The number of aromatic carboxylic acids is 1. The molecule has 2 aromatic rings. The first-order valence-corrected chi connectivity index (χ1v) is 4.80. The highest BCUT2D eigenvalue weighted by Gasteiger charge is 2.13. The second-order valence-corrected chi connectivity index (χ2v) is 3.70. The van der Waals surface area contributed by atoms with Gasteiger partial charge in [0.1, 0.15) is 15.6 Å². The maximum atomic E-state index is 13.2. The number of pyridine rings is 1. The summed E-state index contributed by atoms with van der Waals surface area (Å²) in [6, 6.07) is 2.72. The molecule has 0 aliphatic carbocycles. The van der Waals surface area contributed by atoms with E-state index in [2.05, 4.69) is 9.97 Å². The predicted octanol–water partition coefficient (Wildman–Crippen LogP) is 2.04. The highest BCUT2D eigenvalue weighted by molar-refractivity contribution is 7.16. The zero-order valence-electron chi connectivity index (χ0n) is 7.35. The van der Waals surface area contributed by atoms with E-state index in [1.165, 1.54) is 24.5 Å². The molecule has 0 saturated heterocycles. The van der Waals surface area contributed by atoms with E-state index in [1.807, 2.05) is 0 Å². The summed E-state index contributed by atoms with van der Waals surface area (Å²) in [5.74, 6) is -1.58. The molecule has 0 aromatic carbocycles. The van der Waals surface area contributed by atoms with Crippen LogP contribution in [0, 0.1) is 5.82 Å². The van der Waals surface area contributed by atoms with Crippen molar-refractivity contribution in [2.45, 2.75) is 0 Å². The highest BCUT2D eigenvalue weighted by atomic mass is 32.1. The van der Waals surface area contributed by atoms with Crippen LogP contribution in [0.3, 0.4) is 0 Å². The maximum absolute atomic E-state index is 13.2. The van der Waals surface area contributed by atoms with Crippen LogP contribution in [-0.4, -0.2) is 21.0 Å². The van der Waals surface area contributed by atoms with Gasteiger partial charge in [0.05, 0.1) is 6.20 Å². The van der Waals surface area contributed by atoms with Crippen molar-refractivity contribution in [3.63, 3.8) is 0 Å². The Balaban J connectivity index is 2.46. The molecule has 0 spiro atoms. The van der Waals surface area contributed by atoms with Gasteiger partial charge in [-0.2, -0.15) is 0 Å². The lowest BCUT2D eigenvalue weighted by Crippen LogP contribution is -1.89. The number of carboxylic acid groups (broad SMARTS) is 1. The van der Waals surface area contributed by atoms with Gasteiger partial charge >= 0.3 is 5.97 Å². The van der Waals surface area contributed by atoms with Gasteiger partial charge in [0.2, 0.25) is 0 Å². The summed E-state index contributed by atoms with van der Waals surface area (Å²) in [4.78, 5) is 18.3. The summed E-state index contributed by atoms with van der Waals surface area (Å²) >= 11 is 0.895. The third-order valence-corrected chi connectivity index (χ3v) is 2.67. The van der Waals surface area contributed by atoms with Crippen molar-refractivity contribution in [2.75, 3.05) is 0 Å². The molecule has 0 bridgehead atoms. The lowest BCUT2D eigenvalue weighted by molar-refractivity contribution is 0.0702. The standard InChI is InChI=1S/C9H5FN2O2S/c10-5-2-1-3-11-7(5)8-12-4-6(15-8)9(13)14/h1-4H,(H,13,14). The molecule has 0 aliphatic heterocycles. The van der Waals surface area contributed by atoms with E-state index in [1.54, 1.807) is 0 Å². The fraction of sp³-hybridized carbons (Fsp3) is 0. The van der Waals surface area contributed by atoms with Crippen LogP contribution >= 0.6 is 11.3 Å². The second-order valence-electron chi connectivity index (χ2n) is 2.67. The molecule has 0 atom stereocenters. The van der Waals surface area contributed by atoms with E-state index in [0.717, 1.165) is 11.3 Å². The van der Waals surface area contributed by atoms with Crippen LogP contribution in [0.4, 0.5) is 4.39 Å². The molecule has 2 rings (SSSR count). The van der Waals surface area contributed by atoms with E-state index < -0.39 is 11.8 Å². The first kappa shape index (κ1) is 9.72. The summed E-state index contributed by atoms with van der Waals surface area (Å²) in [6.07, 6.45) is 2.62. The predicted molar refractivity (Wildman–Crippen MR) is 52.3 cm³/mol. The lowest BCUT2D eigenvalue weighted by Gasteiger charge is -1.95. The van der Waals surface area contributed by atoms with Gasteiger partial charge in [-0.1, -0.05) is 0 Å². The van der Waals surface area contributed by atoms with Crippen molar-refractivity contribution in [2.24, 2.45) is 0 Å². The molecule has 76 valence electrons. The van der Waals surface area contributed by atoms with Gasteiger partial charge in [-0.15, -0.1) is 11.3 Å². The van der Waals surface area contributed by atoms with E-state index >= 15 is 0 Å². The molecule has 0 fully saturated rings. The van der Waals surface area contributed by atoms with Crippen LogP contribution in [0.2, 0.25) is 0 Å². The van der Waals surface area contributed by atoms with Crippen molar-refractivity contribution in [1.82, 2.24) is 9.97 Å². The van der Waals surface area contributed by atoms with Gasteiger partial charge in [0.15, 0.2) is 5.82 Å². The molecule has 1 N–H and O–H groups in total. The smallest absolute Gasteiger partial charge is 0.347 e. The van der Waals surface area contributed by atoms with Crippen LogP contribution < -0.4 is 0 Å². The van der Waals surface area contributed by atoms with Gasteiger partial charge < -0.3 is 5.11 Å². The molecule has 0 amide bonds. The quantitative estimate of drug-likeness (QED) is 0.847. The van der Waals surface area contributed by atoms with E-state index in [4.69, 9.17) is 5.11 Å². The molecule has 2 heterocycles. The van der Waals surface area contributed by atoms with Crippen molar-refractivity contribution >= 4 is 17.3 Å². The van der Waals surface area contributed by atoms with Crippen LogP contribution in [-0.2, 0) is 0 Å². The van der Waals surface area contributed by atoms with Crippen LogP contribution in [0.5, 0.6) is 0 Å². The number of halogens is 1. The Hall–Kier alpha value is -1.82. The van der Waals surface area contributed by atoms with Crippen molar-refractivity contribution < 1.29 is 14.3 Å². The molecule has 0 radical (unpaired) electrons. The Kier molecular flexibility index (Phi) is 2.42. The monoisotopic (exact) mass is 224 g/mol. The minimum Gasteiger partial charge on any atom is -0.477 e. The summed E-state index contributed by atoms with van der Waals surface area (Å²) in [7, 11) is 0. The lowest BCUT2D eigenvalue weighted by atomic mass is 10.3. The molecular formula is C9H5FN2O2S. The topological polar surface area (TPSA) is 63.1 Å². The number of thiazole rings is 1. The Morgan fingerprint density at radius 3 is 2.87 bits per heavy atom. The van der Waals surface area contributed by atoms with Gasteiger partial charge in [-0.3, -0.25) is 4.98 Å². The van der Waals surface area contributed by atoms with Crippen molar-refractivity contribution in [3.8, 4) is 10.7 Å². The Labute approximate surface area is 88.1 Å². The third kappa shape index (κ3) is 1.84. The van der Waals surface area contributed by atoms with Gasteiger partial charge in [-0.25, -0.2) is 14.2 Å². The number of hydrogen-bond acceptors (Lipinski definition) is 4. The summed E-state index contributed by atoms with van der Waals surface area (Å²) in [5.41, 5.74) is 0.0787. The van der Waals surface area contributed by atoms with Crippen LogP contribution in [0.1, 0.15) is 9.67 Å².